The van der Waals surface area contributed by atoms with Crippen LogP contribution in [0.2, 0.25) is 0 Å². The third kappa shape index (κ3) is 10.4. The van der Waals surface area contributed by atoms with Crippen molar-refractivity contribution >= 4 is 125 Å². The molecular formula is C42H28N10O13S5. The first kappa shape index (κ1) is 48.6. The van der Waals surface area contributed by atoms with Crippen LogP contribution >= 0.6 is 11.3 Å². The summed E-state index contributed by atoms with van der Waals surface area (Å²) >= 11 is -2.01. The van der Waals surface area contributed by atoms with Crippen molar-refractivity contribution in [1.82, 2.24) is 9.97 Å². The van der Waals surface area contributed by atoms with Crippen LogP contribution in [0.3, 0.4) is 0 Å². The Morgan fingerprint density at radius 3 is 1.90 bits per heavy atom. The van der Waals surface area contributed by atoms with Gasteiger partial charge in [-0.05, 0) is 84.4 Å². The molecule has 6 aromatic carbocycles. The van der Waals surface area contributed by atoms with Crippen LogP contribution in [0, 0.1) is 28.4 Å². The molecule has 0 saturated carbocycles. The topological polar surface area (TPSA) is 367 Å². The minimum absolute atomic E-state index is 0.0242. The predicted octanol–water partition coefficient (Wildman–Crippen LogP) is 10.2. The van der Waals surface area contributed by atoms with E-state index in [2.05, 4.69) is 47.1 Å². The van der Waals surface area contributed by atoms with Crippen molar-refractivity contribution < 1.29 is 52.6 Å². The number of thiazole rings is 1. The lowest BCUT2D eigenvalue weighted by Crippen LogP contribution is -2.05. The minimum Gasteiger partial charge on any atom is -0.339 e. The number of nitriles is 1. The normalized spacial score (nSPS) is 12.7. The maximum atomic E-state index is 12.5. The van der Waals surface area contributed by atoms with Crippen LogP contribution in [0.4, 0.5) is 50.2 Å². The van der Waals surface area contributed by atoms with Crippen LogP contribution in [0.15, 0.2) is 155 Å². The summed E-state index contributed by atoms with van der Waals surface area (Å²) in [4.78, 5) is 17.7. The number of benzene rings is 6. The number of fused-ring (bicyclic) bond motifs is 2. The van der Waals surface area contributed by atoms with Gasteiger partial charge in [0.1, 0.15) is 22.3 Å². The Kier molecular flexibility index (Phi) is 13.1. The van der Waals surface area contributed by atoms with Gasteiger partial charge in [0, 0.05) is 45.4 Å². The number of aromatic nitrogens is 2. The number of nitrogens with one attached hydrogen (secondary N) is 2. The number of nitrogens with zero attached hydrogens (tertiary/aromatic N) is 8. The summed E-state index contributed by atoms with van der Waals surface area (Å²) in [5.41, 5.74) is 0.359. The standard InChI is InChI=1S/C42H28N10O13S5/c1-22-34(21-43)39(44-26-8-12-30(13-9-26)68(57,58)59)47-40(45-27-10-14-31(15-11-27)69(60,61)62)37(22)49-51-42-46-38(25-7-6-23-4-2-3-5-24(23)16-25)41(66-42)50-48-28-17-33-32(35(18-28)67(55)56)19-29(52(53)54)20-36(33)70(63,64)65/h2-20H,1H3,(H,55,56)(H2,44,45,47)(H,57,58,59)(H,60,61,62)(H,63,64,65). The Balaban J connectivity index is 1.26. The number of rotatable bonds is 14. The molecule has 1 unspecified atom stereocenters. The third-order valence-corrected chi connectivity index (χ3v) is 14.3. The Morgan fingerprint density at radius 2 is 1.33 bits per heavy atom. The van der Waals surface area contributed by atoms with Gasteiger partial charge >= 0.3 is 0 Å². The average molecular weight is 1040 g/mol. The fourth-order valence-electron chi connectivity index (χ4n) is 6.84. The number of hydrogen-bond donors (Lipinski definition) is 6. The molecular weight excluding hydrogens is 1010 g/mol. The molecule has 0 amide bonds. The molecule has 2 aromatic heterocycles. The van der Waals surface area contributed by atoms with E-state index in [9.17, 15) is 63.0 Å². The first-order valence-electron chi connectivity index (χ1n) is 19.4. The summed E-state index contributed by atoms with van der Waals surface area (Å²) in [5.74, 6) is -0.0962. The lowest BCUT2D eigenvalue weighted by Gasteiger charge is -2.16. The fraction of sp³-hybridized carbons (Fsp3) is 0.0238. The van der Waals surface area contributed by atoms with E-state index in [0.29, 0.717) is 11.6 Å². The second-order valence-electron chi connectivity index (χ2n) is 14.6. The predicted molar refractivity (Wildman–Crippen MR) is 256 cm³/mol. The summed E-state index contributed by atoms with van der Waals surface area (Å²) in [6.45, 7) is 1.53. The molecule has 2 heterocycles. The zero-order valence-electron chi connectivity index (χ0n) is 35.1. The highest BCUT2D eigenvalue weighted by Gasteiger charge is 2.25. The second kappa shape index (κ2) is 18.9. The van der Waals surface area contributed by atoms with Crippen molar-refractivity contribution in [2.24, 2.45) is 20.5 Å². The molecule has 1 atom stereocenters. The van der Waals surface area contributed by atoms with Gasteiger partial charge in [-0.2, -0.15) is 30.5 Å². The van der Waals surface area contributed by atoms with Crippen molar-refractivity contribution in [3.05, 3.63) is 137 Å². The molecule has 0 spiro atoms. The van der Waals surface area contributed by atoms with Crippen LogP contribution in [0.5, 0.6) is 0 Å². The van der Waals surface area contributed by atoms with Gasteiger partial charge in [-0.1, -0.05) is 47.7 Å². The van der Waals surface area contributed by atoms with Crippen molar-refractivity contribution in [3.63, 3.8) is 0 Å². The second-order valence-corrected chi connectivity index (χ2v) is 20.7. The number of anilines is 4. The summed E-state index contributed by atoms with van der Waals surface area (Å²) in [6, 6.07) is 28.2. The summed E-state index contributed by atoms with van der Waals surface area (Å²) in [7, 11) is -14.2. The SMILES string of the molecule is Cc1c(C#N)c(Nc2ccc(S(=O)(=O)O)cc2)nc(Nc2ccc(S(=O)(=O)O)cc2)c1N=Nc1nc(-c2ccc3ccccc3c2)c(N=Nc2cc(S(=O)O)c3cc([N+](=O)[O-])cc(S(=O)(=O)O)c3c2)s1. The molecule has 354 valence electrons. The van der Waals surface area contributed by atoms with E-state index in [1.54, 1.807) is 6.07 Å². The molecule has 0 saturated heterocycles. The van der Waals surface area contributed by atoms with E-state index in [1.807, 2.05) is 36.4 Å². The molecule has 0 aliphatic heterocycles. The van der Waals surface area contributed by atoms with Crippen molar-refractivity contribution in [2.75, 3.05) is 10.6 Å². The number of azo groups is 2. The smallest absolute Gasteiger partial charge is 0.295 e. The Morgan fingerprint density at radius 1 is 0.714 bits per heavy atom. The van der Waals surface area contributed by atoms with Crippen LogP contribution in [-0.4, -0.2) is 62.6 Å². The van der Waals surface area contributed by atoms with Gasteiger partial charge in [-0.15, -0.1) is 20.5 Å². The van der Waals surface area contributed by atoms with Crippen LogP contribution < -0.4 is 10.6 Å². The molecule has 23 nitrogen and oxygen atoms in total. The van der Waals surface area contributed by atoms with Gasteiger partial charge in [-0.3, -0.25) is 23.8 Å². The molecule has 0 bridgehead atoms. The number of nitro benzene ring substituents is 1. The van der Waals surface area contributed by atoms with E-state index in [1.165, 1.54) is 31.2 Å². The summed E-state index contributed by atoms with van der Waals surface area (Å²) < 4.78 is 123. The average Bonchev–Trinajstić information content (AvgIpc) is 3.72. The molecule has 28 heteroatoms. The van der Waals surface area contributed by atoms with E-state index in [4.69, 9.17) is 0 Å². The molecule has 8 aromatic rings. The fourth-order valence-corrected chi connectivity index (χ4v) is 9.83. The largest absolute Gasteiger partial charge is 0.339 e. The van der Waals surface area contributed by atoms with Crippen LogP contribution in [0.25, 0.3) is 32.8 Å². The van der Waals surface area contributed by atoms with Gasteiger partial charge in [0.25, 0.3) is 36.0 Å². The maximum Gasteiger partial charge on any atom is 0.295 e. The molecule has 8 rings (SSSR count). The summed E-state index contributed by atoms with van der Waals surface area (Å²) in [5, 5.41) is 46.4. The van der Waals surface area contributed by atoms with E-state index >= 15 is 0 Å². The third-order valence-electron chi connectivity index (χ3n) is 10.1. The highest BCUT2D eigenvalue weighted by Crippen LogP contribution is 2.44. The van der Waals surface area contributed by atoms with E-state index in [0.717, 1.165) is 64.6 Å². The minimum atomic E-state index is -5.13. The van der Waals surface area contributed by atoms with E-state index < -0.39 is 71.6 Å². The molecule has 0 radical (unpaired) electrons. The van der Waals surface area contributed by atoms with Crippen LogP contribution in [0.1, 0.15) is 11.1 Å². The Labute approximate surface area is 401 Å². The quantitative estimate of drug-likeness (QED) is 0.0194. The van der Waals surface area contributed by atoms with E-state index in [-0.39, 0.29) is 72.1 Å². The van der Waals surface area contributed by atoms with Gasteiger partial charge < -0.3 is 15.2 Å². The van der Waals surface area contributed by atoms with Crippen molar-refractivity contribution in [2.45, 2.75) is 26.5 Å². The van der Waals surface area contributed by atoms with Crippen molar-refractivity contribution in [3.8, 4) is 17.3 Å². The maximum absolute atomic E-state index is 12.5. The number of hydrogen-bond acceptors (Lipinski definition) is 19. The van der Waals surface area contributed by atoms with Crippen molar-refractivity contribution in [1.29, 1.82) is 5.26 Å². The monoisotopic (exact) mass is 1040 g/mol. The molecule has 0 fully saturated rings. The van der Waals surface area contributed by atoms with Gasteiger partial charge in [0.15, 0.2) is 27.7 Å². The first-order valence-corrected chi connectivity index (χ1v) is 25.6. The number of nitro groups is 1. The van der Waals surface area contributed by atoms with Gasteiger partial charge in [0.2, 0.25) is 5.13 Å². The zero-order chi connectivity index (χ0) is 50.3. The number of pyridine rings is 1. The lowest BCUT2D eigenvalue weighted by molar-refractivity contribution is -0.384. The van der Waals surface area contributed by atoms with Crippen LogP contribution in [-0.2, 0) is 41.4 Å². The number of non-ortho nitro benzene ring substituents is 1. The molecule has 70 heavy (non-hydrogen) atoms. The lowest BCUT2D eigenvalue weighted by atomic mass is 10.1. The first-order chi connectivity index (χ1) is 33.1. The highest BCUT2D eigenvalue weighted by molar-refractivity contribution is 7.86. The van der Waals surface area contributed by atoms with Gasteiger partial charge in [-0.25, -0.2) is 14.2 Å². The Hall–Kier alpha value is -7.85. The highest BCUT2D eigenvalue weighted by atomic mass is 32.2. The Bertz CT molecular complexity index is 3960. The summed E-state index contributed by atoms with van der Waals surface area (Å²) in [6.07, 6.45) is 0. The molecule has 0 aliphatic carbocycles. The molecule has 0 aliphatic rings. The molecule has 6 N–H and O–H groups in total. The van der Waals surface area contributed by atoms with Gasteiger partial charge in [0.05, 0.1) is 30.9 Å². The zero-order valence-corrected chi connectivity index (χ0v) is 39.1.